The van der Waals surface area contributed by atoms with Crippen molar-refractivity contribution in [3.05, 3.63) is 53.0 Å². The van der Waals surface area contributed by atoms with E-state index >= 15 is 0 Å². The van der Waals surface area contributed by atoms with Crippen LogP contribution in [0, 0.1) is 0 Å². The van der Waals surface area contributed by atoms with Gasteiger partial charge in [-0.3, -0.25) is 4.79 Å². The zero-order valence-electron chi connectivity index (χ0n) is 15.8. The highest BCUT2D eigenvalue weighted by Crippen LogP contribution is 2.25. The Morgan fingerprint density at radius 3 is 2.78 bits per heavy atom. The van der Waals surface area contributed by atoms with Crippen LogP contribution in [0.15, 0.2) is 52.0 Å². The van der Waals surface area contributed by atoms with Crippen LogP contribution in [0.25, 0.3) is 22.1 Å². The summed E-state index contributed by atoms with van der Waals surface area (Å²) in [6.07, 6.45) is 4.38. The molecule has 1 saturated heterocycles. The van der Waals surface area contributed by atoms with Gasteiger partial charge in [-0.25, -0.2) is 4.98 Å². The molecule has 3 heterocycles. The molecule has 1 aliphatic rings. The topological polar surface area (TPSA) is 58.8 Å². The highest BCUT2D eigenvalue weighted by molar-refractivity contribution is 5.82. The Morgan fingerprint density at radius 1 is 1.26 bits per heavy atom. The van der Waals surface area contributed by atoms with Gasteiger partial charge < -0.3 is 19.0 Å². The summed E-state index contributed by atoms with van der Waals surface area (Å²) in [6, 6.07) is 9.68. The number of aromatic nitrogens is 1. The van der Waals surface area contributed by atoms with E-state index in [4.69, 9.17) is 9.15 Å². The van der Waals surface area contributed by atoms with Gasteiger partial charge in [0.15, 0.2) is 0 Å². The van der Waals surface area contributed by atoms with Crippen LogP contribution < -0.4 is 15.1 Å². The number of likely N-dealkylation sites (N-methyl/N-ethyl adjacent to an activating group) is 1. The highest BCUT2D eigenvalue weighted by atomic mass is 16.5. The van der Waals surface area contributed by atoms with Crippen molar-refractivity contribution in [1.29, 1.82) is 0 Å². The first-order valence-corrected chi connectivity index (χ1v) is 9.04. The summed E-state index contributed by atoms with van der Waals surface area (Å²) in [7, 11) is 5.81. The molecule has 1 fully saturated rings. The van der Waals surface area contributed by atoms with Crippen LogP contribution in [0.2, 0.25) is 0 Å². The molecule has 6 nitrogen and oxygen atoms in total. The minimum absolute atomic E-state index is 0.0673. The Hall–Kier alpha value is -2.86. The average Bonchev–Trinajstić information content (AvgIpc) is 3.19. The van der Waals surface area contributed by atoms with Crippen LogP contribution in [-0.4, -0.2) is 50.2 Å². The zero-order chi connectivity index (χ0) is 19.0. The molecule has 1 atom stereocenters. The minimum Gasteiger partial charge on any atom is -0.497 e. The van der Waals surface area contributed by atoms with Crippen LogP contribution >= 0.6 is 0 Å². The molecule has 0 aliphatic carbocycles. The van der Waals surface area contributed by atoms with E-state index in [1.165, 1.54) is 6.26 Å². The summed E-state index contributed by atoms with van der Waals surface area (Å²) in [4.78, 5) is 22.0. The maximum atomic E-state index is 12.8. The molecule has 2 aromatic heterocycles. The van der Waals surface area contributed by atoms with Crippen LogP contribution in [0.5, 0.6) is 5.75 Å². The van der Waals surface area contributed by atoms with Crippen molar-refractivity contribution >= 4 is 16.8 Å². The molecule has 4 rings (SSSR count). The molecule has 0 N–H and O–H groups in total. The number of nitrogens with zero attached hydrogens (tertiary/aromatic N) is 3. The molecule has 140 valence electrons. The second kappa shape index (κ2) is 7.04. The molecular weight excluding hydrogens is 342 g/mol. The number of benzene rings is 1. The molecule has 0 unspecified atom stereocenters. The number of pyridine rings is 1. The van der Waals surface area contributed by atoms with Crippen LogP contribution in [0.1, 0.15) is 6.42 Å². The van der Waals surface area contributed by atoms with E-state index in [1.807, 2.05) is 12.1 Å². The Labute approximate surface area is 158 Å². The fourth-order valence-corrected chi connectivity index (χ4v) is 3.54. The van der Waals surface area contributed by atoms with Crippen molar-refractivity contribution in [2.24, 2.45) is 0 Å². The van der Waals surface area contributed by atoms with E-state index in [-0.39, 0.29) is 5.43 Å². The summed E-state index contributed by atoms with van der Waals surface area (Å²) in [5.74, 6) is 1.60. The van der Waals surface area contributed by atoms with Gasteiger partial charge in [-0.05, 0) is 44.8 Å². The lowest BCUT2D eigenvalue weighted by Crippen LogP contribution is -2.31. The van der Waals surface area contributed by atoms with Crippen molar-refractivity contribution in [2.45, 2.75) is 12.5 Å². The third-order valence-electron chi connectivity index (χ3n) is 5.26. The second-order valence-electron chi connectivity index (χ2n) is 7.10. The number of hydrogen-bond acceptors (Lipinski definition) is 6. The van der Waals surface area contributed by atoms with Crippen LogP contribution in [-0.2, 0) is 0 Å². The maximum Gasteiger partial charge on any atom is 0.200 e. The summed E-state index contributed by atoms with van der Waals surface area (Å²) < 4.78 is 10.8. The van der Waals surface area contributed by atoms with Crippen LogP contribution in [0.4, 0.5) is 5.82 Å². The first-order chi connectivity index (χ1) is 13.1. The van der Waals surface area contributed by atoms with E-state index in [1.54, 1.807) is 31.5 Å². The number of methoxy groups -OCH3 is 1. The number of fused-ring (bicyclic) bond motifs is 1. The molecular formula is C21H23N3O3. The molecule has 6 heteroatoms. The van der Waals surface area contributed by atoms with E-state index in [9.17, 15) is 4.79 Å². The standard InChI is InChI=1S/C21H23N3O3/c1-23(2)15-8-9-24(12-15)20-7-4-14(11-22-20)18-13-27-19-10-16(26-3)5-6-17(19)21(18)25/h4-7,10-11,13,15H,8-9,12H2,1-3H3/t15-/m1/s1. The predicted molar refractivity (Wildman–Crippen MR) is 107 cm³/mol. The van der Waals surface area contributed by atoms with Gasteiger partial charge in [0.2, 0.25) is 5.43 Å². The smallest absolute Gasteiger partial charge is 0.200 e. The second-order valence-corrected chi connectivity index (χ2v) is 7.10. The van der Waals surface area contributed by atoms with Crippen LogP contribution in [0.3, 0.4) is 0 Å². The summed E-state index contributed by atoms with van der Waals surface area (Å²) in [5, 5.41) is 0.533. The Kier molecular flexibility index (Phi) is 4.58. The fraction of sp³-hybridized carbons (Fsp3) is 0.333. The van der Waals surface area contributed by atoms with E-state index < -0.39 is 0 Å². The molecule has 0 amide bonds. The summed E-state index contributed by atoms with van der Waals surface area (Å²) >= 11 is 0. The molecule has 1 aliphatic heterocycles. The lowest BCUT2D eigenvalue weighted by atomic mass is 10.1. The van der Waals surface area contributed by atoms with Crippen molar-refractivity contribution < 1.29 is 9.15 Å². The van der Waals surface area contributed by atoms with Gasteiger partial charge in [-0.2, -0.15) is 0 Å². The predicted octanol–water partition coefficient (Wildman–Crippen LogP) is 3.00. The molecule has 1 aromatic carbocycles. The Bertz CT molecular complexity index is 1010. The highest BCUT2D eigenvalue weighted by Gasteiger charge is 2.24. The number of rotatable bonds is 4. The first-order valence-electron chi connectivity index (χ1n) is 9.04. The molecule has 27 heavy (non-hydrogen) atoms. The maximum absolute atomic E-state index is 12.8. The van der Waals surface area contributed by atoms with Gasteiger partial charge >= 0.3 is 0 Å². The zero-order valence-corrected chi connectivity index (χ0v) is 15.8. The molecule has 0 radical (unpaired) electrons. The normalized spacial score (nSPS) is 17.0. The van der Waals surface area contributed by atoms with E-state index in [2.05, 4.69) is 28.9 Å². The van der Waals surface area contributed by atoms with Gasteiger partial charge in [-0.1, -0.05) is 0 Å². The summed E-state index contributed by atoms with van der Waals surface area (Å²) in [5.41, 5.74) is 1.72. The fourth-order valence-electron chi connectivity index (χ4n) is 3.54. The molecule has 3 aromatic rings. The van der Waals surface area contributed by atoms with Crippen molar-refractivity contribution in [1.82, 2.24) is 9.88 Å². The Balaban J connectivity index is 1.62. The van der Waals surface area contributed by atoms with Crippen molar-refractivity contribution in [3.8, 4) is 16.9 Å². The van der Waals surface area contributed by atoms with Crippen molar-refractivity contribution in [3.63, 3.8) is 0 Å². The number of ether oxygens (including phenoxy) is 1. The molecule has 0 spiro atoms. The Morgan fingerprint density at radius 2 is 2.11 bits per heavy atom. The number of anilines is 1. The SMILES string of the molecule is COc1ccc2c(=O)c(-c3ccc(N4CC[C@@H](N(C)C)C4)nc3)coc2c1. The van der Waals surface area contributed by atoms with Gasteiger partial charge in [0.25, 0.3) is 0 Å². The van der Waals surface area contributed by atoms with Crippen molar-refractivity contribution in [2.75, 3.05) is 39.2 Å². The van der Waals surface area contributed by atoms with Gasteiger partial charge in [-0.15, -0.1) is 0 Å². The third kappa shape index (κ3) is 3.28. The third-order valence-corrected chi connectivity index (χ3v) is 5.26. The number of hydrogen-bond donors (Lipinski definition) is 0. The van der Waals surface area contributed by atoms with E-state index in [0.29, 0.717) is 28.3 Å². The first kappa shape index (κ1) is 17.5. The average molecular weight is 365 g/mol. The van der Waals surface area contributed by atoms with Gasteiger partial charge in [0.1, 0.15) is 23.4 Å². The minimum atomic E-state index is -0.0673. The summed E-state index contributed by atoms with van der Waals surface area (Å²) in [6.45, 7) is 1.97. The lowest BCUT2D eigenvalue weighted by Gasteiger charge is -2.21. The monoisotopic (exact) mass is 365 g/mol. The quantitative estimate of drug-likeness (QED) is 0.708. The van der Waals surface area contributed by atoms with E-state index in [0.717, 1.165) is 30.9 Å². The largest absolute Gasteiger partial charge is 0.497 e. The molecule has 0 bridgehead atoms. The molecule has 0 saturated carbocycles. The van der Waals surface area contributed by atoms with Gasteiger partial charge in [0.05, 0.1) is 18.1 Å². The van der Waals surface area contributed by atoms with Gasteiger partial charge in [0, 0.05) is 37.0 Å². The lowest BCUT2D eigenvalue weighted by molar-refractivity contribution is 0.315.